The van der Waals surface area contributed by atoms with E-state index in [0.717, 1.165) is 22.3 Å². The summed E-state index contributed by atoms with van der Waals surface area (Å²) in [5.74, 6) is 0. The highest BCUT2D eigenvalue weighted by Crippen LogP contribution is 2.43. The summed E-state index contributed by atoms with van der Waals surface area (Å²) in [6.45, 7) is 6.69. The Morgan fingerprint density at radius 3 is 2.03 bits per heavy atom. The number of rotatable bonds is 4. The highest BCUT2D eigenvalue weighted by atomic mass is 28.3. The second kappa shape index (κ2) is 7.67. The molecule has 0 fully saturated rings. The Labute approximate surface area is 173 Å². The third-order valence-electron chi connectivity index (χ3n) is 5.34. The molecule has 0 saturated carbocycles. The minimum atomic E-state index is -1.92. The van der Waals surface area contributed by atoms with E-state index >= 15 is 0 Å². The van der Waals surface area contributed by atoms with Crippen LogP contribution in [0.15, 0.2) is 84.9 Å². The van der Waals surface area contributed by atoms with Gasteiger partial charge in [-0.25, -0.2) is 0 Å². The standard InChI is InChI=1S/C25H25N3Si/c1-29(2,3)25(27-26)24-22-17-11-10-14-20(22)18-23(19-12-6-4-7-13-19)28(24)21-15-8-5-9-16-21/h4-18,24H,1-3H3. The van der Waals surface area contributed by atoms with Gasteiger partial charge in [-0.2, -0.15) is 4.79 Å². The number of anilines is 1. The van der Waals surface area contributed by atoms with E-state index in [0.29, 0.717) is 0 Å². The van der Waals surface area contributed by atoms with Crippen LogP contribution in [0.5, 0.6) is 0 Å². The van der Waals surface area contributed by atoms with E-state index in [9.17, 15) is 5.53 Å². The second-order valence-electron chi connectivity index (χ2n) is 8.37. The van der Waals surface area contributed by atoms with Crippen molar-refractivity contribution in [1.29, 1.82) is 0 Å². The maximum absolute atomic E-state index is 10.1. The quantitative estimate of drug-likeness (QED) is 0.221. The van der Waals surface area contributed by atoms with Crippen LogP contribution in [0, 0.1) is 0 Å². The van der Waals surface area contributed by atoms with Crippen molar-refractivity contribution in [1.82, 2.24) is 0 Å². The molecule has 0 N–H and O–H groups in total. The van der Waals surface area contributed by atoms with E-state index in [1.54, 1.807) is 0 Å². The van der Waals surface area contributed by atoms with Crippen LogP contribution in [-0.2, 0) is 0 Å². The first-order valence-electron chi connectivity index (χ1n) is 9.93. The van der Waals surface area contributed by atoms with Crippen molar-refractivity contribution in [2.45, 2.75) is 25.7 Å². The predicted molar refractivity (Wildman–Crippen MR) is 124 cm³/mol. The molecule has 0 amide bonds. The Kier molecular flexibility index (Phi) is 5.06. The lowest BCUT2D eigenvalue weighted by Crippen LogP contribution is -2.47. The third kappa shape index (κ3) is 3.60. The molecular formula is C25H25N3Si. The van der Waals surface area contributed by atoms with Gasteiger partial charge in [0.1, 0.15) is 0 Å². The Hall–Kier alpha value is -3.20. The van der Waals surface area contributed by atoms with E-state index < -0.39 is 8.07 Å². The van der Waals surface area contributed by atoms with Gasteiger partial charge in [0, 0.05) is 5.69 Å². The molecule has 4 heteroatoms. The van der Waals surface area contributed by atoms with E-state index in [1.165, 1.54) is 11.1 Å². The molecule has 1 aliphatic heterocycles. The van der Waals surface area contributed by atoms with Crippen molar-refractivity contribution in [3.05, 3.63) is 107 Å². The van der Waals surface area contributed by atoms with Crippen molar-refractivity contribution >= 4 is 30.9 Å². The average molecular weight is 396 g/mol. The largest absolute Gasteiger partial charge is 0.362 e. The highest BCUT2D eigenvalue weighted by molar-refractivity contribution is 7.04. The maximum Gasteiger partial charge on any atom is 0.263 e. The summed E-state index contributed by atoms with van der Waals surface area (Å²) in [6.07, 6.45) is 2.24. The number of hydrogen-bond donors (Lipinski definition) is 0. The molecule has 144 valence electrons. The van der Waals surface area contributed by atoms with Gasteiger partial charge < -0.3 is 10.4 Å². The zero-order chi connectivity index (χ0) is 20.4. The van der Waals surface area contributed by atoms with Crippen LogP contribution in [0.4, 0.5) is 5.69 Å². The van der Waals surface area contributed by atoms with Gasteiger partial charge in [-0.3, -0.25) is 0 Å². The Bertz CT molecular complexity index is 1090. The minimum absolute atomic E-state index is 0.148. The molecule has 1 atom stereocenters. The summed E-state index contributed by atoms with van der Waals surface area (Å²) in [4.78, 5) is 6.22. The van der Waals surface area contributed by atoms with Gasteiger partial charge >= 0.3 is 0 Å². The van der Waals surface area contributed by atoms with Crippen LogP contribution in [0.1, 0.15) is 22.7 Å². The van der Waals surface area contributed by atoms with Crippen LogP contribution < -0.4 is 4.90 Å². The molecule has 0 saturated heterocycles. The van der Waals surface area contributed by atoms with E-state index in [-0.39, 0.29) is 6.04 Å². The van der Waals surface area contributed by atoms with Crippen molar-refractivity contribution in [3.63, 3.8) is 0 Å². The van der Waals surface area contributed by atoms with Gasteiger partial charge in [-0.15, -0.1) is 0 Å². The molecule has 0 aromatic heterocycles. The molecule has 1 heterocycles. The van der Waals surface area contributed by atoms with Crippen LogP contribution in [-0.4, -0.2) is 18.2 Å². The fraction of sp³-hybridized carbons (Fsp3) is 0.160. The van der Waals surface area contributed by atoms with Crippen LogP contribution in [0.2, 0.25) is 19.6 Å². The Balaban J connectivity index is 2.04. The van der Waals surface area contributed by atoms with Gasteiger partial charge in [0.05, 0.1) is 5.70 Å². The summed E-state index contributed by atoms with van der Waals surface area (Å²) in [7, 11) is -1.92. The fourth-order valence-electron chi connectivity index (χ4n) is 3.98. The minimum Gasteiger partial charge on any atom is -0.362 e. The van der Waals surface area contributed by atoms with Crippen molar-refractivity contribution < 1.29 is 4.79 Å². The van der Waals surface area contributed by atoms with Gasteiger partial charge in [-0.1, -0.05) is 92.4 Å². The third-order valence-corrected chi connectivity index (χ3v) is 7.25. The number of benzene rings is 3. The topological polar surface area (TPSA) is 39.6 Å². The van der Waals surface area contributed by atoms with E-state index in [2.05, 4.69) is 108 Å². The van der Waals surface area contributed by atoms with Crippen LogP contribution >= 0.6 is 0 Å². The lowest BCUT2D eigenvalue weighted by Gasteiger charge is -2.39. The smallest absolute Gasteiger partial charge is 0.263 e. The summed E-state index contributed by atoms with van der Waals surface area (Å²) >= 11 is 0. The van der Waals surface area contributed by atoms with Gasteiger partial charge in [0.25, 0.3) is 5.33 Å². The molecule has 0 spiro atoms. The number of nitrogens with zero attached hydrogens (tertiary/aromatic N) is 3. The van der Waals surface area contributed by atoms with Gasteiger partial charge in [0.15, 0.2) is 14.1 Å². The lowest BCUT2D eigenvalue weighted by molar-refractivity contribution is -0.00570. The zero-order valence-electron chi connectivity index (χ0n) is 17.1. The van der Waals surface area contributed by atoms with Crippen molar-refractivity contribution in [3.8, 4) is 0 Å². The Morgan fingerprint density at radius 2 is 1.41 bits per heavy atom. The number of para-hydroxylation sites is 1. The van der Waals surface area contributed by atoms with E-state index in [4.69, 9.17) is 0 Å². The number of fused-ring (bicyclic) bond motifs is 1. The molecule has 0 radical (unpaired) electrons. The summed E-state index contributed by atoms with van der Waals surface area (Å²) in [6, 6.07) is 29.1. The van der Waals surface area contributed by atoms with Crippen molar-refractivity contribution in [2.24, 2.45) is 0 Å². The van der Waals surface area contributed by atoms with Crippen molar-refractivity contribution in [2.75, 3.05) is 4.90 Å². The Morgan fingerprint density at radius 1 is 0.828 bits per heavy atom. The SMILES string of the molecule is C[Si](C)(C)C(=[N+]=[N-])C1c2ccccc2C=C(c2ccccc2)N1c1ccccc1. The van der Waals surface area contributed by atoms with Crippen LogP contribution in [0.25, 0.3) is 17.3 Å². The van der Waals surface area contributed by atoms with Gasteiger partial charge in [0.2, 0.25) is 0 Å². The molecule has 1 aliphatic rings. The fourth-order valence-corrected chi connectivity index (χ4v) is 5.38. The highest BCUT2D eigenvalue weighted by Gasteiger charge is 2.44. The zero-order valence-corrected chi connectivity index (χ0v) is 18.1. The van der Waals surface area contributed by atoms with Crippen LogP contribution in [0.3, 0.4) is 0 Å². The first kappa shape index (κ1) is 19.1. The molecule has 3 nitrogen and oxygen atoms in total. The van der Waals surface area contributed by atoms with Gasteiger partial charge in [-0.05, 0) is 34.9 Å². The molecule has 29 heavy (non-hydrogen) atoms. The summed E-state index contributed by atoms with van der Waals surface area (Å²) in [5, 5.41) is 0.871. The summed E-state index contributed by atoms with van der Waals surface area (Å²) in [5.41, 5.74) is 15.8. The molecule has 3 aromatic carbocycles. The normalized spacial score (nSPS) is 15.9. The molecule has 0 aliphatic carbocycles. The molecule has 4 rings (SSSR count). The first-order valence-corrected chi connectivity index (χ1v) is 13.4. The molecule has 3 aromatic rings. The lowest BCUT2D eigenvalue weighted by atomic mass is 9.91. The summed E-state index contributed by atoms with van der Waals surface area (Å²) < 4.78 is 0. The molecule has 1 unspecified atom stereocenters. The number of hydrogen-bond acceptors (Lipinski definition) is 1. The van der Waals surface area contributed by atoms with E-state index in [1.807, 2.05) is 12.1 Å². The first-order chi connectivity index (χ1) is 14.0. The average Bonchev–Trinajstić information content (AvgIpc) is 2.74. The monoisotopic (exact) mass is 395 g/mol. The molecular weight excluding hydrogens is 370 g/mol. The maximum atomic E-state index is 10.1. The predicted octanol–water partition coefficient (Wildman–Crippen LogP) is 6.29. The molecule has 0 bridgehead atoms. The second-order valence-corrected chi connectivity index (χ2v) is 13.4.